The van der Waals surface area contributed by atoms with Crippen LogP contribution in [0.3, 0.4) is 0 Å². The number of unbranched alkanes of at least 4 members (excludes halogenated alkanes) is 20. The first-order valence-corrected chi connectivity index (χ1v) is 25.5. The summed E-state index contributed by atoms with van der Waals surface area (Å²) in [6.07, 6.45) is 77.5. The Balaban J connectivity index is 3.47. The fourth-order valence-electron chi connectivity index (χ4n) is 6.88. The molecule has 4 nitrogen and oxygen atoms in total. The SMILES string of the molecule is CC/C=C\C/C=C\C/C=C\C/C=C\C/C=C\CCCCCCCCCCOCC(CO)OC(=O)CCCCCCCCCCCCCC/C=C\C/C=C\C/C=C\C/C=C\CC. The van der Waals surface area contributed by atoms with E-state index in [0.717, 1.165) is 83.5 Å². The van der Waals surface area contributed by atoms with Gasteiger partial charge in [-0.15, -0.1) is 0 Å². The number of hydrogen-bond acceptors (Lipinski definition) is 4. The molecule has 0 heterocycles. The van der Waals surface area contributed by atoms with Crippen LogP contribution < -0.4 is 0 Å². The Hall–Kier alpha value is -2.95. The lowest BCUT2D eigenvalue weighted by Gasteiger charge is -2.16. The van der Waals surface area contributed by atoms with Gasteiger partial charge in [-0.05, 0) is 96.3 Å². The van der Waals surface area contributed by atoms with Crippen LogP contribution in [0.25, 0.3) is 0 Å². The molecule has 4 heteroatoms. The molecule has 0 aromatic heterocycles. The number of rotatable bonds is 46. The van der Waals surface area contributed by atoms with Gasteiger partial charge in [0.25, 0.3) is 0 Å². The van der Waals surface area contributed by atoms with Crippen molar-refractivity contribution in [2.75, 3.05) is 19.8 Å². The molecule has 0 aliphatic rings. The van der Waals surface area contributed by atoms with Crippen molar-refractivity contribution in [2.45, 2.75) is 225 Å². The molecule has 0 rings (SSSR count). The zero-order valence-corrected chi connectivity index (χ0v) is 39.9. The van der Waals surface area contributed by atoms with Crippen molar-refractivity contribution in [2.24, 2.45) is 0 Å². The van der Waals surface area contributed by atoms with E-state index in [9.17, 15) is 9.90 Å². The van der Waals surface area contributed by atoms with Crippen LogP contribution in [0.4, 0.5) is 0 Å². The quantitative estimate of drug-likeness (QED) is 0.0377. The predicted octanol–water partition coefficient (Wildman–Crippen LogP) is 17.4. The molecule has 61 heavy (non-hydrogen) atoms. The van der Waals surface area contributed by atoms with Gasteiger partial charge >= 0.3 is 5.97 Å². The van der Waals surface area contributed by atoms with Crippen LogP contribution in [0.1, 0.15) is 219 Å². The van der Waals surface area contributed by atoms with E-state index in [2.05, 4.69) is 123 Å². The minimum Gasteiger partial charge on any atom is -0.457 e. The van der Waals surface area contributed by atoms with Crippen LogP contribution in [-0.4, -0.2) is 37.0 Å². The van der Waals surface area contributed by atoms with Crippen LogP contribution in [0.5, 0.6) is 0 Å². The first kappa shape index (κ1) is 58.0. The van der Waals surface area contributed by atoms with E-state index in [1.54, 1.807) is 0 Å². The second kappa shape index (κ2) is 53.2. The highest BCUT2D eigenvalue weighted by Gasteiger charge is 2.13. The molecule has 348 valence electrons. The van der Waals surface area contributed by atoms with Crippen molar-refractivity contribution < 1.29 is 19.4 Å². The van der Waals surface area contributed by atoms with E-state index < -0.39 is 6.10 Å². The number of aliphatic hydroxyl groups is 1. The summed E-state index contributed by atoms with van der Waals surface area (Å²) in [4.78, 5) is 12.3. The van der Waals surface area contributed by atoms with Crippen molar-refractivity contribution in [3.05, 3.63) is 109 Å². The predicted molar refractivity (Wildman–Crippen MR) is 269 cm³/mol. The molecule has 1 atom stereocenters. The second-order valence-electron chi connectivity index (χ2n) is 16.5. The van der Waals surface area contributed by atoms with Crippen molar-refractivity contribution in [3.63, 3.8) is 0 Å². The maximum atomic E-state index is 12.3. The van der Waals surface area contributed by atoms with Crippen LogP contribution in [-0.2, 0) is 14.3 Å². The van der Waals surface area contributed by atoms with Crippen LogP contribution in [0, 0.1) is 0 Å². The Kier molecular flexibility index (Phi) is 50.6. The summed E-state index contributed by atoms with van der Waals surface area (Å²) >= 11 is 0. The molecule has 0 saturated heterocycles. The highest BCUT2D eigenvalue weighted by atomic mass is 16.6. The third-order valence-electron chi connectivity index (χ3n) is 10.6. The Bertz CT molecular complexity index is 1170. The van der Waals surface area contributed by atoms with Gasteiger partial charge in [-0.25, -0.2) is 0 Å². The molecule has 0 aliphatic carbocycles. The third-order valence-corrected chi connectivity index (χ3v) is 10.6. The van der Waals surface area contributed by atoms with Crippen molar-refractivity contribution in [1.29, 1.82) is 0 Å². The highest BCUT2D eigenvalue weighted by Crippen LogP contribution is 2.14. The van der Waals surface area contributed by atoms with E-state index in [4.69, 9.17) is 9.47 Å². The van der Waals surface area contributed by atoms with E-state index in [1.807, 2.05) is 0 Å². The molecular weight excluding hydrogens is 749 g/mol. The van der Waals surface area contributed by atoms with E-state index in [1.165, 1.54) is 116 Å². The number of allylic oxidation sites excluding steroid dienone is 18. The van der Waals surface area contributed by atoms with E-state index in [0.29, 0.717) is 13.0 Å². The maximum absolute atomic E-state index is 12.3. The number of esters is 1. The molecule has 0 amide bonds. The Morgan fingerprint density at radius 2 is 0.689 bits per heavy atom. The molecule has 1 unspecified atom stereocenters. The molecule has 1 N–H and O–H groups in total. The topological polar surface area (TPSA) is 55.8 Å². The molecular formula is C57H96O4. The average molecular weight is 845 g/mol. The lowest BCUT2D eigenvalue weighted by molar-refractivity contribution is -0.154. The van der Waals surface area contributed by atoms with Gasteiger partial charge in [0.15, 0.2) is 0 Å². The molecule has 0 fully saturated rings. The Labute approximate surface area is 378 Å². The van der Waals surface area contributed by atoms with Crippen molar-refractivity contribution >= 4 is 5.97 Å². The standard InChI is InChI=1S/C57H96O4/c1-3-5-7-9-11-13-15-17-19-21-23-25-27-29-30-32-34-36-38-40-42-44-46-48-50-52-57(59)61-56(54-58)55-60-53-51-49-47-45-43-41-39-37-35-33-31-28-26-24-22-20-18-16-14-12-10-8-6-4-2/h5-8,11-14,17-20,23-26,31,33,56,58H,3-4,9-10,15-16,21-22,27-30,32,34-55H2,1-2H3/b7-5-,8-6-,13-11-,14-12-,19-17-,20-18-,25-23-,26-24-,33-31-. The first-order chi connectivity index (χ1) is 30.2. The van der Waals surface area contributed by atoms with Crippen LogP contribution in [0.2, 0.25) is 0 Å². The highest BCUT2D eigenvalue weighted by molar-refractivity contribution is 5.69. The van der Waals surface area contributed by atoms with Gasteiger partial charge in [-0.2, -0.15) is 0 Å². The average Bonchev–Trinajstić information content (AvgIpc) is 3.27. The number of ether oxygens (including phenoxy) is 2. The molecule has 0 spiro atoms. The number of aliphatic hydroxyl groups excluding tert-OH is 1. The lowest BCUT2D eigenvalue weighted by Crippen LogP contribution is -2.27. The van der Waals surface area contributed by atoms with Crippen molar-refractivity contribution in [3.8, 4) is 0 Å². The monoisotopic (exact) mass is 845 g/mol. The number of carbonyl (C=O) groups is 1. The fraction of sp³-hybridized carbons (Fsp3) is 0.667. The van der Waals surface area contributed by atoms with Gasteiger partial charge in [0.2, 0.25) is 0 Å². The normalized spacial score (nSPS) is 13.3. The van der Waals surface area contributed by atoms with Gasteiger partial charge in [0.1, 0.15) is 6.10 Å². The third kappa shape index (κ3) is 51.3. The minimum atomic E-state index is -0.549. The summed E-state index contributed by atoms with van der Waals surface area (Å²) in [6, 6.07) is 0. The summed E-state index contributed by atoms with van der Waals surface area (Å²) in [5, 5.41) is 9.66. The Morgan fingerprint density at radius 3 is 1.03 bits per heavy atom. The van der Waals surface area contributed by atoms with E-state index >= 15 is 0 Å². The van der Waals surface area contributed by atoms with Gasteiger partial charge in [0.05, 0.1) is 13.2 Å². The largest absolute Gasteiger partial charge is 0.457 e. The Morgan fingerprint density at radius 1 is 0.393 bits per heavy atom. The zero-order chi connectivity index (χ0) is 44.0. The summed E-state index contributed by atoms with van der Waals surface area (Å²) in [5.41, 5.74) is 0. The minimum absolute atomic E-state index is 0.182. The number of carbonyl (C=O) groups excluding carboxylic acids is 1. The molecule has 0 aromatic rings. The smallest absolute Gasteiger partial charge is 0.306 e. The van der Waals surface area contributed by atoms with Gasteiger partial charge < -0.3 is 14.6 Å². The number of hydrogen-bond donors (Lipinski definition) is 1. The summed E-state index contributed by atoms with van der Waals surface area (Å²) in [7, 11) is 0. The molecule has 0 bridgehead atoms. The van der Waals surface area contributed by atoms with Gasteiger partial charge in [-0.3, -0.25) is 4.79 Å². The first-order valence-electron chi connectivity index (χ1n) is 25.5. The van der Waals surface area contributed by atoms with Gasteiger partial charge in [0, 0.05) is 13.0 Å². The lowest BCUT2D eigenvalue weighted by atomic mass is 10.0. The maximum Gasteiger partial charge on any atom is 0.306 e. The van der Waals surface area contributed by atoms with Gasteiger partial charge in [-0.1, -0.05) is 226 Å². The zero-order valence-electron chi connectivity index (χ0n) is 39.9. The van der Waals surface area contributed by atoms with Crippen LogP contribution in [0.15, 0.2) is 109 Å². The molecule has 0 saturated carbocycles. The fourth-order valence-corrected chi connectivity index (χ4v) is 6.88. The summed E-state index contributed by atoms with van der Waals surface area (Å²) in [5.74, 6) is -0.209. The molecule has 0 aliphatic heterocycles. The van der Waals surface area contributed by atoms with E-state index in [-0.39, 0.29) is 19.2 Å². The summed E-state index contributed by atoms with van der Waals surface area (Å²) in [6.45, 7) is 5.10. The summed E-state index contributed by atoms with van der Waals surface area (Å²) < 4.78 is 11.2. The van der Waals surface area contributed by atoms with Crippen molar-refractivity contribution in [1.82, 2.24) is 0 Å². The van der Waals surface area contributed by atoms with Crippen LogP contribution >= 0.6 is 0 Å². The molecule has 0 radical (unpaired) electrons. The second-order valence-corrected chi connectivity index (χ2v) is 16.5. The molecule has 0 aromatic carbocycles.